The molecular weight excluding hydrogens is 200 g/mol. The first kappa shape index (κ1) is 8.78. The van der Waals surface area contributed by atoms with Crippen molar-refractivity contribution >= 4 is 22.7 Å². The number of thiophene rings is 2. The molecule has 1 nitrogen and oxygen atoms in total. The molecule has 0 saturated carbocycles. The van der Waals surface area contributed by atoms with E-state index < -0.39 is 0 Å². The Morgan fingerprint density at radius 2 is 2.15 bits per heavy atom. The van der Waals surface area contributed by atoms with Crippen LogP contribution in [0.2, 0.25) is 0 Å². The zero-order valence-corrected chi connectivity index (χ0v) is 8.95. The number of ether oxygens (including phenoxy) is 1. The molecule has 0 amide bonds. The highest BCUT2D eigenvalue weighted by Crippen LogP contribution is 2.37. The molecule has 2 rings (SSSR count). The maximum Gasteiger partial charge on any atom is 0.138 e. The molecule has 68 valence electrons. The minimum Gasteiger partial charge on any atom is -0.492 e. The van der Waals surface area contributed by atoms with Crippen molar-refractivity contribution in [2.45, 2.75) is 6.92 Å². The Morgan fingerprint density at radius 3 is 2.85 bits per heavy atom. The van der Waals surface area contributed by atoms with E-state index in [0.29, 0.717) is 0 Å². The molecule has 0 radical (unpaired) electrons. The summed E-state index contributed by atoms with van der Waals surface area (Å²) in [6.45, 7) is 2.74. The fraction of sp³-hybridized carbons (Fsp3) is 0.200. The van der Waals surface area contributed by atoms with E-state index in [1.807, 2.05) is 13.0 Å². The summed E-state index contributed by atoms with van der Waals surface area (Å²) in [4.78, 5) is 2.54. The zero-order chi connectivity index (χ0) is 9.10. The van der Waals surface area contributed by atoms with Crippen molar-refractivity contribution in [2.24, 2.45) is 0 Å². The van der Waals surface area contributed by atoms with Gasteiger partial charge in [0.05, 0.1) is 11.5 Å². The molecule has 2 heterocycles. The van der Waals surface area contributed by atoms with E-state index in [1.54, 1.807) is 22.7 Å². The van der Waals surface area contributed by atoms with Gasteiger partial charge in [-0.1, -0.05) is 6.07 Å². The van der Waals surface area contributed by atoms with E-state index in [2.05, 4.69) is 22.9 Å². The molecule has 13 heavy (non-hydrogen) atoms. The molecule has 0 unspecified atom stereocenters. The van der Waals surface area contributed by atoms with E-state index in [-0.39, 0.29) is 0 Å². The number of hydrogen-bond acceptors (Lipinski definition) is 3. The molecule has 0 saturated heterocycles. The smallest absolute Gasteiger partial charge is 0.138 e. The van der Waals surface area contributed by atoms with Crippen LogP contribution in [0, 0.1) is 0 Å². The fourth-order valence-electron chi connectivity index (χ4n) is 1.15. The SMILES string of the molecule is CCOc1ccsc1-c1cccs1. The molecule has 2 aromatic heterocycles. The Labute approximate surface area is 85.6 Å². The summed E-state index contributed by atoms with van der Waals surface area (Å²) >= 11 is 3.48. The van der Waals surface area contributed by atoms with Crippen molar-refractivity contribution < 1.29 is 4.74 Å². The summed E-state index contributed by atoms with van der Waals surface area (Å²) in [7, 11) is 0. The van der Waals surface area contributed by atoms with Crippen molar-refractivity contribution in [3.8, 4) is 15.5 Å². The standard InChI is InChI=1S/C10H10OS2/c1-2-11-8-5-7-13-10(8)9-4-3-6-12-9/h3-7H,2H2,1H3. The summed E-state index contributed by atoms with van der Waals surface area (Å²) in [5, 5.41) is 4.16. The minimum absolute atomic E-state index is 0.731. The van der Waals surface area contributed by atoms with Gasteiger partial charge < -0.3 is 4.74 Å². The summed E-state index contributed by atoms with van der Waals surface area (Å²) in [5.74, 6) is 1.01. The normalized spacial score (nSPS) is 10.2. The van der Waals surface area contributed by atoms with Gasteiger partial charge in [0.2, 0.25) is 0 Å². The van der Waals surface area contributed by atoms with Crippen molar-refractivity contribution in [1.82, 2.24) is 0 Å². The summed E-state index contributed by atoms with van der Waals surface area (Å²) in [6.07, 6.45) is 0. The lowest BCUT2D eigenvalue weighted by Crippen LogP contribution is -1.89. The largest absolute Gasteiger partial charge is 0.492 e. The second-order valence-electron chi connectivity index (χ2n) is 2.52. The second-order valence-corrected chi connectivity index (χ2v) is 4.39. The van der Waals surface area contributed by atoms with E-state index >= 15 is 0 Å². The average Bonchev–Trinajstić information content (AvgIpc) is 2.71. The Morgan fingerprint density at radius 1 is 1.23 bits per heavy atom. The van der Waals surface area contributed by atoms with Crippen molar-refractivity contribution in [1.29, 1.82) is 0 Å². The van der Waals surface area contributed by atoms with Crippen molar-refractivity contribution in [3.63, 3.8) is 0 Å². The van der Waals surface area contributed by atoms with E-state index in [9.17, 15) is 0 Å². The zero-order valence-electron chi connectivity index (χ0n) is 7.32. The first-order chi connectivity index (χ1) is 6.42. The van der Waals surface area contributed by atoms with Gasteiger partial charge in [-0.2, -0.15) is 0 Å². The number of hydrogen-bond donors (Lipinski definition) is 0. The lowest BCUT2D eigenvalue weighted by atomic mass is 10.3. The molecule has 0 bridgehead atoms. The van der Waals surface area contributed by atoms with Crippen LogP contribution >= 0.6 is 22.7 Å². The maximum atomic E-state index is 5.52. The predicted molar refractivity (Wildman–Crippen MR) is 58.8 cm³/mol. The van der Waals surface area contributed by atoms with Crippen LogP contribution < -0.4 is 4.74 Å². The molecule has 0 aliphatic carbocycles. The molecular formula is C10H10OS2. The van der Waals surface area contributed by atoms with Crippen LogP contribution in [-0.2, 0) is 0 Å². The van der Waals surface area contributed by atoms with Gasteiger partial charge >= 0.3 is 0 Å². The van der Waals surface area contributed by atoms with Crippen LogP contribution in [0.5, 0.6) is 5.75 Å². The van der Waals surface area contributed by atoms with Gasteiger partial charge in [0.25, 0.3) is 0 Å². The molecule has 0 N–H and O–H groups in total. The Kier molecular flexibility index (Phi) is 2.66. The van der Waals surface area contributed by atoms with Crippen LogP contribution in [-0.4, -0.2) is 6.61 Å². The minimum atomic E-state index is 0.731. The fourth-order valence-corrected chi connectivity index (χ4v) is 2.87. The first-order valence-corrected chi connectivity index (χ1v) is 5.92. The van der Waals surface area contributed by atoms with E-state index in [1.165, 1.54) is 9.75 Å². The highest BCUT2D eigenvalue weighted by Gasteiger charge is 2.07. The van der Waals surface area contributed by atoms with Crippen molar-refractivity contribution in [2.75, 3.05) is 6.61 Å². The summed E-state index contributed by atoms with van der Waals surface area (Å²) in [5.41, 5.74) is 0. The quantitative estimate of drug-likeness (QED) is 0.747. The van der Waals surface area contributed by atoms with E-state index in [0.717, 1.165) is 12.4 Å². The van der Waals surface area contributed by atoms with Crippen LogP contribution in [0.15, 0.2) is 29.0 Å². The number of rotatable bonds is 3. The maximum absolute atomic E-state index is 5.52. The van der Waals surface area contributed by atoms with Gasteiger partial charge in [-0.25, -0.2) is 0 Å². The molecule has 0 aliphatic heterocycles. The highest BCUT2D eigenvalue weighted by atomic mass is 32.1. The van der Waals surface area contributed by atoms with Crippen LogP contribution in [0.4, 0.5) is 0 Å². The van der Waals surface area contributed by atoms with Gasteiger partial charge in [-0.05, 0) is 29.8 Å². The second kappa shape index (κ2) is 3.94. The monoisotopic (exact) mass is 210 g/mol. The van der Waals surface area contributed by atoms with Gasteiger partial charge in [0, 0.05) is 4.88 Å². The summed E-state index contributed by atoms with van der Waals surface area (Å²) < 4.78 is 5.52. The topological polar surface area (TPSA) is 9.23 Å². The Hall–Kier alpha value is -0.800. The molecule has 2 aromatic rings. The van der Waals surface area contributed by atoms with Crippen LogP contribution in [0.25, 0.3) is 9.75 Å². The van der Waals surface area contributed by atoms with Gasteiger partial charge in [-0.15, -0.1) is 22.7 Å². The van der Waals surface area contributed by atoms with Gasteiger partial charge in [0.1, 0.15) is 5.75 Å². The lowest BCUT2D eigenvalue weighted by Gasteiger charge is -2.01. The lowest BCUT2D eigenvalue weighted by molar-refractivity contribution is 0.343. The third-order valence-electron chi connectivity index (χ3n) is 1.67. The first-order valence-electron chi connectivity index (χ1n) is 4.16. The average molecular weight is 210 g/mol. The predicted octanol–water partition coefficient (Wildman–Crippen LogP) is 3.88. The molecule has 0 spiro atoms. The third kappa shape index (κ3) is 1.76. The summed E-state index contributed by atoms with van der Waals surface area (Å²) in [6, 6.07) is 6.22. The molecule has 0 atom stereocenters. The van der Waals surface area contributed by atoms with Crippen LogP contribution in [0.1, 0.15) is 6.92 Å². The molecule has 0 fully saturated rings. The Balaban J connectivity index is 2.35. The van der Waals surface area contributed by atoms with E-state index in [4.69, 9.17) is 4.74 Å². The molecule has 3 heteroatoms. The Bertz CT molecular complexity index is 362. The molecule has 0 aromatic carbocycles. The molecule has 0 aliphatic rings. The van der Waals surface area contributed by atoms with Gasteiger partial charge in [-0.3, -0.25) is 0 Å². The van der Waals surface area contributed by atoms with Gasteiger partial charge in [0.15, 0.2) is 0 Å². The third-order valence-corrected chi connectivity index (χ3v) is 3.62. The highest BCUT2D eigenvalue weighted by molar-refractivity contribution is 7.20. The van der Waals surface area contributed by atoms with Crippen LogP contribution in [0.3, 0.4) is 0 Å². The van der Waals surface area contributed by atoms with Crippen molar-refractivity contribution in [3.05, 3.63) is 29.0 Å².